The summed E-state index contributed by atoms with van der Waals surface area (Å²) in [6.45, 7) is 0.690. The molecule has 92 valence electrons. The van der Waals surface area contributed by atoms with Gasteiger partial charge >= 0.3 is 5.69 Å². The molecule has 18 heavy (non-hydrogen) atoms. The predicted octanol–water partition coefficient (Wildman–Crippen LogP) is -0.0434. The van der Waals surface area contributed by atoms with Crippen molar-refractivity contribution in [3.8, 4) is 11.8 Å². The summed E-state index contributed by atoms with van der Waals surface area (Å²) >= 11 is 1.51. The third kappa shape index (κ3) is 2.77. The lowest BCUT2D eigenvalue weighted by atomic mass is 10.2. The van der Waals surface area contributed by atoms with Gasteiger partial charge in [-0.1, -0.05) is 11.8 Å². The number of nitrogens with two attached hydrogens (primary N) is 1. The summed E-state index contributed by atoms with van der Waals surface area (Å²) in [5, 5.41) is 1.91. The van der Waals surface area contributed by atoms with Gasteiger partial charge in [0.15, 0.2) is 0 Å². The van der Waals surface area contributed by atoms with Crippen molar-refractivity contribution < 1.29 is 0 Å². The normalized spacial score (nSPS) is 9.83. The van der Waals surface area contributed by atoms with Gasteiger partial charge in [0.2, 0.25) is 0 Å². The number of hydrogen-bond acceptors (Lipinski definition) is 4. The summed E-state index contributed by atoms with van der Waals surface area (Å²) in [5.74, 6) is 5.73. The van der Waals surface area contributed by atoms with Crippen molar-refractivity contribution in [2.24, 2.45) is 5.73 Å². The molecule has 5 nitrogen and oxygen atoms in total. The summed E-state index contributed by atoms with van der Waals surface area (Å²) in [6.07, 6.45) is 1.47. The predicted molar refractivity (Wildman–Crippen MR) is 70.7 cm³/mol. The second-order valence-corrected chi connectivity index (χ2v) is 4.50. The number of thiophene rings is 1. The van der Waals surface area contributed by atoms with Crippen LogP contribution in [0.4, 0.5) is 0 Å². The van der Waals surface area contributed by atoms with Crippen LogP contribution in [0.5, 0.6) is 0 Å². The molecule has 0 bridgehead atoms. The van der Waals surface area contributed by atoms with Crippen LogP contribution < -0.4 is 17.0 Å². The van der Waals surface area contributed by atoms with E-state index in [0.717, 1.165) is 10.4 Å². The Labute approximate surface area is 107 Å². The first-order valence-electron chi connectivity index (χ1n) is 5.26. The Bertz CT molecular complexity index is 715. The molecule has 0 fully saturated rings. The molecule has 0 aliphatic heterocycles. The molecule has 0 amide bonds. The van der Waals surface area contributed by atoms with E-state index >= 15 is 0 Å². The summed E-state index contributed by atoms with van der Waals surface area (Å²) in [7, 11) is 0. The van der Waals surface area contributed by atoms with Gasteiger partial charge in [-0.15, -0.1) is 11.3 Å². The third-order valence-electron chi connectivity index (χ3n) is 2.28. The number of aromatic nitrogens is 2. The lowest BCUT2D eigenvalue weighted by Crippen LogP contribution is -2.28. The van der Waals surface area contributed by atoms with Gasteiger partial charge in [0, 0.05) is 22.7 Å². The lowest BCUT2D eigenvalue weighted by Gasteiger charge is -2.02. The average Bonchev–Trinajstić information content (AvgIpc) is 2.77. The van der Waals surface area contributed by atoms with Gasteiger partial charge in [0.05, 0.1) is 13.1 Å². The van der Waals surface area contributed by atoms with Gasteiger partial charge in [-0.3, -0.25) is 14.3 Å². The van der Waals surface area contributed by atoms with Crippen molar-refractivity contribution in [2.75, 3.05) is 6.54 Å². The van der Waals surface area contributed by atoms with Gasteiger partial charge in [0.25, 0.3) is 5.56 Å². The first-order chi connectivity index (χ1) is 8.70. The molecule has 0 aromatic carbocycles. The van der Waals surface area contributed by atoms with E-state index in [1.54, 1.807) is 0 Å². The van der Waals surface area contributed by atoms with Crippen LogP contribution in [0.2, 0.25) is 0 Å². The zero-order valence-corrected chi connectivity index (χ0v) is 10.3. The summed E-state index contributed by atoms with van der Waals surface area (Å²) in [5.41, 5.74) is 5.37. The molecular formula is C12H11N3O2S. The van der Waals surface area contributed by atoms with Crippen LogP contribution in [-0.4, -0.2) is 16.1 Å². The SMILES string of the molecule is NCC#Cc1ccsc1Cn1ccc(=O)[nH]c1=O. The quantitative estimate of drug-likeness (QED) is 0.744. The number of nitrogens with one attached hydrogen (secondary N) is 1. The fraction of sp³-hybridized carbons (Fsp3) is 0.167. The summed E-state index contributed by atoms with van der Waals surface area (Å²) in [6, 6.07) is 3.21. The van der Waals surface area contributed by atoms with Crippen LogP contribution in [0, 0.1) is 11.8 Å². The van der Waals surface area contributed by atoms with E-state index in [1.165, 1.54) is 28.2 Å². The van der Waals surface area contributed by atoms with E-state index in [-0.39, 0.29) is 0 Å². The minimum atomic E-state index is -0.423. The fourth-order valence-electron chi connectivity index (χ4n) is 1.44. The standard InChI is InChI=1S/C12H11N3O2S/c13-5-1-2-9-4-7-18-10(9)8-15-6-3-11(16)14-12(15)17/h3-4,6-7H,5,8,13H2,(H,14,16,17). The van der Waals surface area contributed by atoms with Gasteiger partial charge in [-0.05, 0) is 11.4 Å². The zero-order valence-electron chi connectivity index (χ0n) is 9.47. The van der Waals surface area contributed by atoms with Crippen molar-refractivity contribution >= 4 is 11.3 Å². The maximum Gasteiger partial charge on any atom is 0.328 e. The van der Waals surface area contributed by atoms with Crippen molar-refractivity contribution in [1.29, 1.82) is 0 Å². The number of aromatic amines is 1. The van der Waals surface area contributed by atoms with Crippen molar-refractivity contribution in [3.05, 3.63) is 55.0 Å². The minimum absolute atomic E-state index is 0.299. The molecule has 0 saturated heterocycles. The minimum Gasteiger partial charge on any atom is -0.320 e. The average molecular weight is 261 g/mol. The Kier molecular flexibility index (Phi) is 3.77. The molecule has 0 saturated carbocycles. The number of hydrogen-bond donors (Lipinski definition) is 2. The van der Waals surface area contributed by atoms with Gasteiger partial charge in [-0.25, -0.2) is 4.79 Å². The molecule has 0 radical (unpaired) electrons. The maximum atomic E-state index is 11.5. The Morgan fingerprint density at radius 2 is 2.22 bits per heavy atom. The second-order valence-electron chi connectivity index (χ2n) is 3.50. The number of rotatable bonds is 2. The molecule has 0 aliphatic carbocycles. The first-order valence-corrected chi connectivity index (χ1v) is 6.14. The number of H-pyrrole nitrogens is 1. The number of nitrogens with zero attached hydrogens (tertiary/aromatic N) is 1. The van der Waals surface area contributed by atoms with Crippen LogP contribution in [0.25, 0.3) is 0 Å². The molecule has 0 atom stereocenters. The highest BCUT2D eigenvalue weighted by Crippen LogP contribution is 2.16. The van der Waals surface area contributed by atoms with Crippen LogP contribution in [-0.2, 0) is 6.54 Å². The first kappa shape index (κ1) is 12.4. The topological polar surface area (TPSA) is 80.9 Å². The lowest BCUT2D eigenvalue weighted by molar-refractivity contribution is 0.728. The molecule has 0 aliphatic rings. The highest BCUT2D eigenvalue weighted by Gasteiger charge is 2.04. The molecule has 3 N–H and O–H groups in total. The van der Waals surface area contributed by atoms with E-state index < -0.39 is 11.2 Å². The van der Waals surface area contributed by atoms with E-state index in [4.69, 9.17) is 5.73 Å². The second kappa shape index (κ2) is 5.49. The van der Waals surface area contributed by atoms with Gasteiger partial charge in [-0.2, -0.15) is 0 Å². The third-order valence-corrected chi connectivity index (χ3v) is 3.19. The molecule has 2 rings (SSSR count). The fourth-order valence-corrected chi connectivity index (χ4v) is 2.27. The monoisotopic (exact) mass is 261 g/mol. The Hall–Kier alpha value is -2.10. The molecule has 2 aromatic rings. The smallest absolute Gasteiger partial charge is 0.320 e. The van der Waals surface area contributed by atoms with Crippen LogP contribution in [0.1, 0.15) is 10.4 Å². The van der Waals surface area contributed by atoms with Crippen molar-refractivity contribution in [2.45, 2.75) is 6.54 Å². The van der Waals surface area contributed by atoms with Crippen molar-refractivity contribution in [1.82, 2.24) is 9.55 Å². The largest absolute Gasteiger partial charge is 0.328 e. The highest BCUT2D eigenvalue weighted by molar-refractivity contribution is 7.10. The van der Waals surface area contributed by atoms with Crippen LogP contribution in [0.3, 0.4) is 0 Å². The van der Waals surface area contributed by atoms with E-state index in [0.29, 0.717) is 13.1 Å². The Morgan fingerprint density at radius 1 is 1.39 bits per heavy atom. The molecule has 2 heterocycles. The van der Waals surface area contributed by atoms with E-state index in [2.05, 4.69) is 16.8 Å². The van der Waals surface area contributed by atoms with Crippen LogP contribution in [0.15, 0.2) is 33.3 Å². The van der Waals surface area contributed by atoms with Gasteiger partial charge < -0.3 is 5.73 Å². The Balaban J connectivity index is 2.32. The molecule has 0 spiro atoms. The maximum absolute atomic E-state index is 11.5. The molecule has 6 heteroatoms. The molecular weight excluding hydrogens is 250 g/mol. The summed E-state index contributed by atoms with van der Waals surface area (Å²) < 4.78 is 1.43. The molecule has 2 aromatic heterocycles. The zero-order chi connectivity index (χ0) is 13.0. The van der Waals surface area contributed by atoms with Crippen LogP contribution >= 0.6 is 11.3 Å². The highest BCUT2D eigenvalue weighted by atomic mass is 32.1. The van der Waals surface area contributed by atoms with E-state index in [9.17, 15) is 9.59 Å². The summed E-state index contributed by atoms with van der Waals surface area (Å²) in [4.78, 5) is 25.7. The Morgan fingerprint density at radius 3 is 2.94 bits per heavy atom. The molecule has 0 unspecified atom stereocenters. The van der Waals surface area contributed by atoms with Gasteiger partial charge in [0.1, 0.15) is 0 Å². The van der Waals surface area contributed by atoms with E-state index in [1.807, 2.05) is 11.4 Å². The van der Waals surface area contributed by atoms with Crippen molar-refractivity contribution in [3.63, 3.8) is 0 Å².